The van der Waals surface area contributed by atoms with Crippen molar-refractivity contribution in [3.05, 3.63) is 0 Å². The fraction of sp³-hybridized carbons (Fsp3) is 1.00. The lowest BCUT2D eigenvalue weighted by Crippen LogP contribution is -2.17. The van der Waals surface area contributed by atoms with Gasteiger partial charge in [0.1, 0.15) is 0 Å². The lowest BCUT2D eigenvalue weighted by molar-refractivity contribution is 0.0235. The van der Waals surface area contributed by atoms with Crippen molar-refractivity contribution >= 4 is 0 Å². The van der Waals surface area contributed by atoms with Crippen molar-refractivity contribution in [2.45, 2.75) is 51.0 Å². The molecule has 2 nitrogen and oxygen atoms in total. The first-order valence-electron chi connectivity index (χ1n) is 5.13. The predicted molar refractivity (Wildman–Crippen MR) is 47.6 cm³/mol. The van der Waals surface area contributed by atoms with E-state index in [2.05, 4.69) is 0 Å². The summed E-state index contributed by atoms with van der Waals surface area (Å²) in [5.74, 6) is 0. The third-order valence-electron chi connectivity index (χ3n) is 2.44. The van der Waals surface area contributed by atoms with Gasteiger partial charge in [0.05, 0.1) is 12.7 Å². The monoisotopic (exact) mass is 171 g/mol. The molecule has 0 aliphatic heterocycles. The molecule has 0 spiro atoms. The molecule has 0 saturated heterocycles. The summed E-state index contributed by atoms with van der Waals surface area (Å²) >= 11 is 0. The van der Waals surface area contributed by atoms with Gasteiger partial charge in [-0.25, -0.2) is 5.11 Å². The van der Waals surface area contributed by atoms with Gasteiger partial charge in [0.25, 0.3) is 0 Å². The molecule has 1 aliphatic rings. The second-order valence-electron chi connectivity index (χ2n) is 3.54. The molecule has 71 valence electrons. The summed E-state index contributed by atoms with van der Waals surface area (Å²) in [6, 6.07) is 0. The maximum atomic E-state index is 10.1. The Morgan fingerprint density at radius 1 is 1.08 bits per heavy atom. The molecule has 0 heterocycles. The molecule has 0 N–H and O–H groups in total. The van der Waals surface area contributed by atoms with Crippen LogP contribution in [0.2, 0.25) is 0 Å². The largest absolute Gasteiger partial charge is 0.378 e. The van der Waals surface area contributed by atoms with E-state index in [9.17, 15) is 5.11 Å². The Morgan fingerprint density at radius 3 is 2.50 bits per heavy atom. The van der Waals surface area contributed by atoms with Crippen LogP contribution in [-0.2, 0) is 9.84 Å². The molecule has 12 heavy (non-hydrogen) atoms. The Hall–Kier alpha value is -0.0800. The van der Waals surface area contributed by atoms with Crippen LogP contribution in [0.3, 0.4) is 0 Å². The zero-order chi connectivity index (χ0) is 8.65. The standard InChI is InChI=1S/C10H19O2/c11-8-4-5-9-12-10-6-2-1-3-7-10/h10H,1-9H2. The van der Waals surface area contributed by atoms with Crippen LogP contribution in [0, 0.1) is 0 Å². The highest BCUT2D eigenvalue weighted by molar-refractivity contribution is 4.64. The molecule has 1 rings (SSSR count). The van der Waals surface area contributed by atoms with Crippen molar-refractivity contribution in [3.8, 4) is 0 Å². The van der Waals surface area contributed by atoms with Gasteiger partial charge < -0.3 is 4.74 Å². The molecule has 0 aromatic rings. The number of hydrogen-bond acceptors (Lipinski definition) is 1. The van der Waals surface area contributed by atoms with Crippen LogP contribution in [0.4, 0.5) is 0 Å². The molecule has 1 radical (unpaired) electrons. The highest BCUT2D eigenvalue weighted by atomic mass is 16.5. The zero-order valence-electron chi connectivity index (χ0n) is 7.76. The molecule has 0 aromatic carbocycles. The molecule has 1 saturated carbocycles. The van der Waals surface area contributed by atoms with Gasteiger partial charge in [-0.15, -0.1) is 0 Å². The van der Waals surface area contributed by atoms with Crippen LogP contribution in [0.5, 0.6) is 0 Å². The van der Waals surface area contributed by atoms with E-state index in [1.165, 1.54) is 32.1 Å². The first-order chi connectivity index (χ1) is 5.93. The van der Waals surface area contributed by atoms with E-state index < -0.39 is 0 Å². The zero-order valence-corrected chi connectivity index (χ0v) is 7.76. The van der Waals surface area contributed by atoms with Crippen molar-refractivity contribution in [1.82, 2.24) is 0 Å². The molecule has 1 fully saturated rings. The molecule has 0 atom stereocenters. The summed E-state index contributed by atoms with van der Waals surface area (Å²) in [6.07, 6.45) is 8.71. The Morgan fingerprint density at radius 2 is 1.83 bits per heavy atom. The van der Waals surface area contributed by atoms with Gasteiger partial charge in [-0.05, 0) is 25.7 Å². The molecule has 0 amide bonds. The Kier molecular flexibility index (Phi) is 5.37. The van der Waals surface area contributed by atoms with Gasteiger partial charge in [0.15, 0.2) is 0 Å². The van der Waals surface area contributed by atoms with Crippen molar-refractivity contribution in [3.63, 3.8) is 0 Å². The van der Waals surface area contributed by atoms with Crippen molar-refractivity contribution < 1.29 is 9.84 Å². The van der Waals surface area contributed by atoms with Gasteiger partial charge in [0.2, 0.25) is 0 Å². The summed E-state index contributed by atoms with van der Waals surface area (Å²) in [5, 5.41) is 10.1. The molecule has 0 unspecified atom stereocenters. The third-order valence-corrected chi connectivity index (χ3v) is 2.44. The van der Waals surface area contributed by atoms with Crippen molar-refractivity contribution in [2.75, 3.05) is 13.2 Å². The highest BCUT2D eigenvalue weighted by Gasteiger charge is 2.12. The number of rotatable bonds is 5. The van der Waals surface area contributed by atoms with Gasteiger partial charge in [0, 0.05) is 6.61 Å². The summed E-state index contributed by atoms with van der Waals surface area (Å²) < 4.78 is 5.65. The third kappa shape index (κ3) is 4.07. The molecule has 2 heteroatoms. The lowest BCUT2D eigenvalue weighted by atomic mass is 9.98. The summed E-state index contributed by atoms with van der Waals surface area (Å²) in [7, 11) is 0. The normalized spacial score (nSPS) is 19.8. The maximum absolute atomic E-state index is 10.1. The SMILES string of the molecule is [O]CCCCOC1CCCCC1. The van der Waals surface area contributed by atoms with E-state index in [-0.39, 0.29) is 6.61 Å². The van der Waals surface area contributed by atoms with Crippen molar-refractivity contribution in [1.29, 1.82) is 0 Å². The van der Waals surface area contributed by atoms with Gasteiger partial charge in [-0.2, -0.15) is 0 Å². The quantitative estimate of drug-likeness (QED) is 0.584. The smallest absolute Gasteiger partial charge is 0.0823 e. The molecular formula is C10H19O2. The second-order valence-corrected chi connectivity index (χ2v) is 3.54. The van der Waals surface area contributed by atoms with E-state index in [0.29, 0.717) is 6.10 Å². The minimum atomic E-state index is 0.0496. The van der Waals surface area contributed by atoms with Crippen LogP contribution in [0.15, 0.2) is 0 Å². The van der Waals surface area contributed by atoms with Crippen LogP contribution >= 0.6 is 0 Å². The second kappa shape index (κ2) is 6.44. The van der Waals surface area contributed by atoms with Gasteiger partial charge in [-0.3, -0.25) is 0 Å². The number of ether oxygens (including phenoxy) is 1. The predicted octanol–water partition coefficient (Wildman–Crippen LogP) is 2.55. The minimum absolute atomic E-state index is 0.0496. The first kappa shape index (κ1) is 10.0. The molecule has 1 aliphatic carbocycles. The minimum Gasteiger partial charge on any atom is -0.378 e. The van der Waals surface area contributed by atoms with Crippen LogP contribution in [0.1, 0.15) is 44.9 Å². The van der Waals surface area contributed by atoms with E-state index in [1.54, 1.807) is 0 Å². The molecule has 0 aromatic heterocycles. The summed E-state index contributed by atoms with van der Waals surface area (Å²) in [5.41, 5.74) is 0. The van der Waals surface area contributed by atoms with Gasteiger partial charge in [-0.1, -0.05) is 19.3 Å². The Bertz CT molecular complexity index is 98.0. The average molecular weight is 171 g/mol. The van der Waals surface area contributed by atoms with E-state index in [0.717, 1.165) is 19.4 Å². The van der Waals surface area contributed by atoms with Crippen molar-refractivity contribution in [2.24, 2.45) is 0 Å². The average Bonchev–Trinajstić information content (AvgIpc) is 2.14. The van der Waals surface area contributed by atoms with Crippen LogP contribution in [-0.4, -0.2) is 19.3 Å². The highest BCUT2D eigenvalue weighted by Crippen LogP contribution is 2.20. The lowest BCUT2D eigenvalue weighted by Gasteiger charge is -2.21. The topological polar surface area (TPSA) is 29.1 Å². The number of hydrogen-bond donors (Lipinski definition) is 0. The van der Waals surface area contributed by atoms with Crippen LogP contribution in [0.25, 0.3) is 0 Å². The van der Waals surface area contributed by atoms with E-state index in [1.807, 2.05) is 0 Å². The number of unbranched alkanes of at least 4 members (excludes halogenated alkanes) is 1. The fourth-order valence-corrected chi connectivity index (χ4v) is 1.69. The van der Waals surface area contributed by atoms with E-state index >= 15 is 0 Å². The van der Waals surface area contributed by atoms with Crippen LogP contribution < -0.4 is 0 Å². The summed E-state index contributed by atoms with van der Waals surface area (Å²) in [6.45, 7) is 0.848. The Labute approximate surface area is 74.9 Å². The first-order valence-corrected chi connectivity index (χ1v) is 5.13. The Balaban J connectivity index is 1.91. The van der Waals surface area contributed by atoms with E-state index in [4.69, 9.17) is 4.74 Å². The maximum Gasteiger partial charge on any atom is 0.0823 e. The fourth-order valence-electron chi connectivity index (χ4n) is 1.69. The molecule has 0 bridgehead atoms. The summed E-state index contributed by atoms with van der Waals surface area (Å²) in [4.78, 5) is 0. The molecular weight excluding hydrogens is 152 g/mol. The van der Waals surface area contributed by atoms with Gasteiger partial charge >= 0.3 is 0 Å².